The average Bonchev–Trinajstić information content (AvgIpc) is 2.49. The van der Waals surface area contributed by atoms with E-state index >= 15 is 0 Å². The van der Waals surface area contributed by atoms with E-state index in [1.807, 2.05) is 36.4 Å². The van der Waals surface area contributed by atoms with Gasteiger partial charge in [0, 0.05) is 16.6 Å². The maximum atomic E-state index is 10.7. The highest BCUT2D eigenvalue weighted by Gasteiger charge is 2.11. The van der Waals surface area contributed by atoms with E-state index in [9.17, 15) is 10.1 Å². The molecule has 0 bridgehead atoms. The third kappa shape index (κ3) is 3.05. The Bertz CT molecular complexity index is 882. The van der Waals surface area contributed by atoms with E-state index in [0.29, 0.717) is 11.5 Å². The molecule has 0 amide bonds. The summed E-state index contributed by atoms with van der Waals surface area (Å²) in [6.45, 7) is 0. The van der Waals surface area contributed by atoms with Gasteiger partial charge in [0.1, 0.15) is 11.5 Å². The van der Waals surface area contributed by atoms with Gasteiger partial charge in [-0.3, -0.25) is 10.1 Å². The lowest BCUT2D eigenvalue weighted by Crippen LogP contribution is -1.90. The third-order valence-corrected chi connectivity index (χ3v) is 3.92. The number of benzene rings is 3. The Hall–Kier alpha value is -2.11. The highest BCUT2D eigenvalue weighted by molar-refractivity contribution is 9.10. The first-order valence-corrected chi connectivity index (χ1v) is 7.51. The van der Waals surface area contributed by atoms with Crippen molar-refractivity contribution in [2.45, 2.75) is 0 Å². The van der Waals surface area contributed by atoms with Gasteiger partial charge in [0.2, 0.25) is 0 Å². The molecule has 3 aromatic carbocycles. The number of nitrogens with zero attached hydrogens (tertiary/aromatic N) is 1. The Labute approximate surface area is 139 Å². The van der Waals surface area contributed by atoms with Gasteiger partial charge in [-0.25, -0.2) is 0 Å². The summed E-state index contributed by atoms with van der Waals surface area (Å²) in [6, 6.07) is 15.7. The van der Waals surface area contributed by atoms with Crippen LogP contribution in [0, 0.1) is 10.1 Å². The number of nitro groups is 1. The molecule has 4 nitrogen and oxygen atoms in total. The highest BCUT2D eigenvalue weighted by atomic mass is 79.9. The average molecular weight is 379 g/mol. The fourth-order valence-electron chi connectivity index (χ4n) is 2.07. The zero-order chi connectivity index (χ0) is 15.7. The molecule has 0 spiro atoms. The van der Waals surface area contributed by atoms with E-state index in [1.54, 1.807) is 0 Å². The number of halogens is 2. The van der Waals surface area contributed by atoms with Crippen LogP contribution < -0.4 is 4.74 Å². The molecule has 0 unspecified atom stereocenters. The van der Waals surface area contributed by atoms with Crippen LogP contribution in [0.3, 0.4) is 0 Å². The summed E-state index contributed by atoms with van der Waals surface area (Å²) in [7, 11) is 0. The van der Waals surface area contributed by atoms with Crippen molar-refractivity contribution < 1.29 is 9.66 Å². The fraction of sp³-hybridized carbons (Fsp3) is 0. The van der Waals surface area contributed by atoms with Crippen molar-refractivity contribution in [1.29, 1.82) is 0 Å². The SMILES string of the molecule is O=[N+]([O-])c1ccc(Oc2ccc3cc(Br)ccc3c2)c(Cl)c1. The molecule has 0 N–H and O–H groups in total. The lowest BCUT2D eigenvalue weighted by atomic mass is 10.1. The topological polar surface area (TPSA) is 52.4 Å². The lowest BCUT2D eigenvalue weighted by Gasteiger charge is -2.08. The van der Waals surface area contributed by atoms with Crippen molar-refractivity contribution in [3.05, 3.63) is 74.2 Å². The van der Waals surface area contributed by atoms with Crippen LogP contribution in [0.15, 0.2) is 59.1 Å². The third-order valence-electron chi connectivity index (χ3n) is 3.13. The molecule has 0 aliphatic heterocycles. The predicted octanol–water partition coefficient (Wildman–Crippen LogP) is 5.96. The summed E-state index contributed by atoms with van der Waals surface area (Å²) in [5, 5.41) is 13.0. The van der Waals surface area contributed by atoms with Gasteiger partial charge in [-0.05, 0) is 41.1 Å². The standard InChI is InChI=1S/C16H9BrClNO3/c17-12-3-1-11-8-14(5-2-10(11)7-12)22-16-6-4-13(19(20)21)9-15(16)18/h1-9H. The lowest BCUT2D eigenvalue weighted by molar-refractivity contribution is -0.384. The van der Waals surface area contributed by atoms with E-state index in [0.717, 1.165) is 15.2 Å². The number of nitro benzene ring substituents is 1. The molecule has 0 heterocycles. The van der Waals surface area contributed by atoms with E-state index in [1.165, 1.54) is 18.2 Å². The number of hydrogen-bond acceptors (Lipinski definition) is 3. The van der Waals surface area contributed by atoms with Gasteiger partial charge in [0.05, 0.1) is 9.95 Å². The monoisotopic (exact) mass is 377 g/mol. The normalized spacial score (nSPS) is 10.6. The summed E-state index contributed by atoms with van der Waals surface area (Å²) >= 11 is 9.46. The van der Waals surface area contributed by atoms with Crippen LogP contribution in [0.1, 0.15) is 0 Å². The Morgan fingerprint density at radius 3 is 2.45 bits per heavy atom. The number of ether oxygens (including phenoxy) is 1. The zero-order valence-electron chi connectivity index (χ0n) is 11.1. The van der Waals surface area contributed by atoms with E-state index in [-0.39, 0.29) is 10.7 Å². The van der Waals surface area contributed by atoms with Gasteiger partial charge in [-0.2, -0.15) is 0 Å². The van der Waals surface area contributed by atoms with Crippen LogP contribution >= 0.6 is 27.5 Å². The van der Waals surface area contributed by atoms with E-state index in [4.69, 9.17) is 16.3 Å². The molecule has 0 aromatic heterocycles. The van der Waals surface area contributed by atoms with Gasteiger partial charge in [-0.15, -0.1) is 0 Å². The van der Waals surface area contributed by atoms with Crippen LogP contribution in [0.5, 0.6) is 11.5 Å². The van der Waals surface area contributed by atoms with Crippen molar-refractivity contribution >= 4 is 44.0 Å². The van der Waals surface area contributed by atoms with Crippen LogP contribution in [0.4, 0.5) is 5.69 Å². The first-order valence-electron chi connectivity index (χ1n) is 6.34. The maximum absolute atomic E-state index is 10.7. The summed E-state index contributed by atoms with van der Waals surface area (Å²) in [5.41, 5.74) is -0.0688. The van der Waals surface area contributed by atoms with Gasteiger partial charge in [-0.1, -0.05) is 39.7 Å². The van der Waals surface area contributed by atoms with Gasteiger partial charge in [0.25, 0.3) is 5.69 Å². The van der Waals surface area contributed by atoms with Crippen molar-refractivity contribution in [3.63, 3.8) is 0 Å². The van der Waals surface area contributed by atoms with Gasteiger partial charge >= 0.3 is 0 Å². The summed E-state index contributed by atoms with van der Waals surface area (Å²) < 4.78 is 6.72. The van der Waals surface area contributed by atoms with Crippen LogP contribution in [-0.4, -0.2) is 4.92 Å². The fourth-order valence-corrected chi connectivity index (χ4v) is 2.66. The molecule has 3 rings (SSSR count). The highest BCUT2D eigenvalue weighted by Crippen LogP contribution is 2.33. The van der Waals surface area contributed by atoms with Crippen LogP contribution in [0.25, 0.3) is 10.8 Å². The zero-order valence-corrected chi connectivity index (χ0v) is 13.5. The Morgan fingerprint density at radius 1 is 1.00 bits per heavy atom. The molecule has 0 aliphatic rings. The Balaban J connectivity index is 1.93. The van der Waals surface area contributed by atoms with Gasteiger partial charge in [0.15, 0.2) is 0 Å². The second-order valence-corrected chi connectivity index (χ2v) is 5.95. The first-order chi connectivity index (χ1) is 10.5. The molecule has 0 radical (unpaired) electrons. The molecule has 0 saturated carbocycles. The van der Waals surface area contributed by atoms with Crippen molar-refractivity contribution in [1.82, 2.24) is 0 Å². The number of hydrogen-bond donors (Lipinski definition) is 0. The molecular formula is C16H9BrClNO3. The second-order valence-electron chi connectivity index (χ2n) is 4.63. The van der Waals surface area contributed by atoms with Crippen molar-refractivity contribution in [3.8, 4) is 11.5 Å². The molecule has 22 heavy (non-hydrogen) atoms. The minimum absolute atomic E-state index is 0.0688. The predicted molar refractivity (Wildman–Crippen MR) is 89.8 cm³/mol. The Morgan fingerprint density at radius 2 is 1.73 bits per heavy atom. The van der Waals surface area contributed by atoms with Gasteiger partial charge < -0.3 is 4.74 Å². The smallest absolute Gasteiger partial charge is 0.271 e. The summed E-state index contributed by atoms with van der Waals surface area (Å²) in [4.78, 5) is 10.2. The second kappa shape index (κ2) is 5.94. The molecule has 110 valence electrons. The van der Waals surface area contributed by atoms with Crippen molar-refractivity contribution in [2.24, 2.45) is 0 Å². The van der Waals surface area contributed by atoms with E-state index in [2.05, 4.69) is 15.9 Å². The number of non-ortho nitro benzene ring substituents is 1. The minimum Gasteiger partial charge on any atom is -0.456 e. The molecule has 0 saturated heterocycles. The van der Waals surface area contributed by atoms with Crippen LogP contribution in [-0.2, 0) is 0 Å². The van der Waals surface area contributed by atoms with E-state index < -0.39 is 4.92 Å². The first kappa shape index (κ1) is 14.8. The number of rotatable bonds is 3. The maximum Gasteiger partial charge on any atom is 0.271 e. The Kier molecular flexibility index (Phi) is 4.00. The quantitative estimate of drug-likeness (QED) is 0.417. The molecule has 0 fully saturated rings. The molecule has 3 aromatic rings. The summed E-state index contributed by atoms with van der Waals surface area (Å²) in [6.07, 6.45) is 0. The minimum atomic E-state index is -0.496. The number of fused-ring (bicyclic) bond motifs is 1. The van der Waals surface area contributed by atoms with Crippen LogP contribution in [0.2, 0.25) is 5.02 Å². The summed E-state index contributed by atoms with van der Waals surface area (Å²) in [5.74, 6) is 0.995. The molecular weight excluding hydrogens is 370 g/mol. The molecule has 0 atom stereocenters. The largest absolute Gasteiger partial charge is 0.456 e. The molecule has 6 heteroatoms. The molecule has 0 aliphatic carbocycles. The van der Waals surface area contributed by atoms with Crippen molar-refractivity contribution in [2.75, 3.05) is 0 Å².